The molecule has 4 aromatic rings. The van der Waals surface area contributed by atoms with E-state index >= 15 is 0 Å². The van der Waals surface area contributed by atoms with Crippen molar-refractivity contribution < 1.29 is 28.5 Å². The fraction of sp³-hybridized carbons (Fsp3) is 0.538. The van der Waals surface area contributed by atoms with Crippen LogP contribution in [0.15, 0.2) is 22.2 Å². The van der Waals surface area contributed by atoms with Gasteiger partial charge in [0.05, 0.1) is 25.9 Å². The van der Waals surface area contributed by atoms with Gasteiger partial charge in [0, 0.05) is 0 Å². The third-order valence-corrected chi connectivity index (χ3v) is 6.37. The number of carbonyl (C=O) groups excluding carboxylic acids is 2. The van der Waals surface area contributed by atoms with E-state index in [9.17, 15) is 19.2 Å². The van der Waals surface area contributed by atoms with Crippen molar-refractivity contribution in [2.24, 2.45) is 23.3 Å². The van der Waals surface area contributed by atoms with Crippen molar-refractivity contribution in [3.8, 4) is 0 Å². The minimum Gasteiger partial charge on any atom is -0.462 e. The molecule has 47 heavy (non-hydrogen) atoms. The lowest BCUT2D eigenvalue weighted by Gasteiger charge is -2.14. The molecule has 0 fully saturated rings. The molecule has 4 aromatic heterocycles. The average molecular weight is 685 g/mol. The summed E-state index contributed by atoms with van der Waals surface area (Å²) in [4.78, 5) is 67.0. The number of ether oxygens (including phenoxy) is 4. The van der Waals surface area contributed by atoms with Crippen LogP contribution in [0.4, 0.5) is 11.9 Å². The molecule has 4 rings (SSSR count). The summed E-state index contributed by atoms with van der Waals surface area (Å²) in [5.74, 6) is -0.900. The second kappa shape index (κ2) is 17.9. The molecule has 2 atom stereocenters. The zero-order valence-electron chi connectivity index (χ0n) is 26.4. The Hall–Kier alpha value is -4.63. The van der Waals surface area contributed by atoms with E-state index in [1.807, 2.05) is 27.7 Å². The lowest BCUT2D eigenvalue weighted by molar-refractivity contribution is -0.149. The zero-order valence-corrected chi connectivity index (χ0v) is 27.2. The molecule has 4 heterocycles. The van der Waals surface area contributed by atoms with Crippen molar-refractivity contribution in [1.82, 2.24) is 39.0 Å². The van der Waals surface area contributed by atoms with Crippen LogP contribution in [-0.2, 0) is 42.0 Å². The summed E-state index contributed by atoms with van der Waals surface area (Å²) in [7, 11) is 0. The lowest BCUT2D eigenvalue weighted by Crippen LogP contribution is -2.37. The van der Waals surface area contributed by atoms with Crippen LogP contribution >= 0.6 is 12.4 Å². The molecule has 0 unspecified atom stereocenters. The maximum absolute atomic E-state index is 11.6. The first kappa shape index (κ1) is 38.6. The van der Waals surface area contributed by atoms with E-state index in [0.717, 1.165) is 0 Å². The first-order valence-electron chi connectivity index (χ1n) is 14.2. The molecule has 10 N–H and O–H groups in total. The molecule has 0 spiro atoms. The molecule has 0 aliphatic heterocycles. The van der Waals surface area contributed by atoms with Crippen LogP contribution in [-0.4, -0.2) is 89.5 Å². The van der Waals surface area contributed by atoms with Gasteiger partial charge < -0.3 is 41.9 Å². The van der Waals surface area contributed by atoms with E-state index < -0.39 is 35.1 Å². The molecule has 0 saturated carbocycles. The number of nitrogens with one attached hydrogen (secondary N) is 2. The molecule has 0 radical (unpaired) electrons. The quantitative estimate of drug-likeness (QED) is 0.0673. The third-order valence-electron chi connectivity index (χ3n) is 6.37. The Morgan fingerprint density at radius 3 is 1.43 bits per heavy atom. The van der Waals surface area contributed by atoms with E-state index in [1.54, 1.807) is 0 Å². The van der Waals surface area contributed by atoms with Crippen LogP contribution in [0.25, 0.3) is 22.3 Å². The van der Waals surface area contributed by atoms with Crippen LogP contribution < -0.4 is 34.1 Å². The Morgan fingerprint density at radius 1 is 0.723 bits per heavy atom. The predicted octanol–water partition coefficient (Wildman–Crippen LogP) is -1.17. The van der Waals surface area contributed by atoms with E-state index in [0.29, 0.717) is 11.3 Å². The number of esters is 2. The highest BCUT2D eigenvalue weighted by molar-refractivity contribution is 5.85. The maximum Gasteiger partial charge on any atom is 0.323 e. The summed E-state index contributed by atoms with van der Waals surface area (Å²) in [6.45, 7) is 8.08. The number of nitrogen functional groups attached to an aromatic ring is 2. The van der Waals surface area contributed by atoms with Gasteiger partial charge in [0.2, 0.25) is 11.9 Å². The van der Waals surface area contributed by atoms with Crippen molar-refractivity contribution in [3.63, 3.8) is 0 Å². The Labute approximate surface area is 273 Å². The third kappa shape index (κ3) is 10.7. The van der Waals surface area contributed by atoms with Gasteiger partial charge in [-0.05, 0) is 11.8 Å². The van der Waals surface area contributed by atoms with E-state index in [4.69, 9.17) is 41.9 Å². The number of hydrogen-bond donors (Lipinski definition) is 6. The highest BCUT2D eigenvalue weighted by Gasteiger charge is 2.19. The van der Waals surface area contributed by atoms with Crippen LogP contribution in [0, 0.1) is 11.8 Å². The van der Waals surface area contributed by atoms with Crippen LogP contribution in [0.2, 0.25) is 0 Å². The predicted molar refractivity (Wildman–Crippen MR) is 172 cm³/mol. The number of hydrogen-bond acceptors (Lipinski definition) is 16. The van der Waals surface area contributed by atoms with Gasteiger partial charge in [-0.2, -0.15) is 9.97 Å². The molecule has 0 aliphatic carbocycles. The number of nitrogens with zero attached hydrogens (tertiary/aromatic N) is 6. The molecular weight excluding hydrogens is 644 g/mol. The minimum atomic E-state index is -0.647. The molecule has 0 aliphatic rings. The molecule has 20 nitrogen and oxygen atoms in total. The van der Waals surface area contributed by atoms with Crippen molar-refractivity contribution in [1.29, 1.82) is 0 Å². The zero-order chi connectivity index (χ0) is 34.0. The van der Waals surface area contributed by atoms with Crippen molar-refractivity contribution in [2.75, 3.05) is 37.9 Å². The second-order valence-electron chi connectivity index (χ2n) is 10.6. The highest BCUT2D eigenvalue weighted by Crippen LogP contribution is 2.08. The van der Waals surface area contributed by atoms with Gasteiger partial charge in [-0.1, -0.05) is 27.7 Å². The number of rotatable bonds is 14. The van der Waals surface area contributed by atoms with E-state index in [1.165, 1.54) is 21.8 Å². The van der Waals surface area contributed by atoms with Gasteiger partial charge in [-0.3, -0.25) is 38.3 Å². The summed E-state index contributed by atoms with van der Waals surface area (Å²) < 4.78 is 23.8. The smallest absolute Gasteiger partial charge is 0.323 e. The Balaban J connectivity index is 0.000000320. The Kier molecular flexibility index (Phi) is 14.7. The van der Waals surface area contributed by atoms with Gasteiger partial charge in [0.15, 0.2) is 22.3 Å². The fourth-order valence-corrected chi connectivity index (χ4v) is 3.60. The number of aromatic nitrogens is 8. The molecule has 0 saturated heterocycles. The molecular formula is C26H41ClN12O8. The number of carbonyl (C=O) groups is 2. The summed E-state index contributed by atoms with van der Waals surface area (Å²) in [5.41, 5.74) is 22.5. The summed E-state index contributed by atoms with van der Waals surface area (Å²) >= 11 is 0. The molecule has 260 valence electrons. The average Bonchev–Trinajstić information content (AvgIpc) is 3.60. The standard InChI is InChI=1S/2C13H20N6O4.ClH/c2*1-7(2)8(14)12(21)23-4-3-22-6-19-5-16-9-10(19)17-13(15)18-11(9)20;/h2*5,7-8H,3-4,6,14H2,1-2H3,(H3,15,17,18,20);1H/t2*8-;/m00./s1. The number of aromatic amines is 2. The number of fused-ring (bicyclic) bond motifs is 2. The SMILES string of the molecule is CC(C)[C@H](N)C(=O)OCCOCn1cnc2c(=O)[nH]c(N)nc21.CC(C)[C@H](N)C(=O)OCCOCn1cnc2c(=O)[nH]c(N)nc21.Cl. The van der Waals surface area contributed by atoms with E-state index in [2.05, 4.69) is 29.9 Å². The minimum absolute atomic E-state index is 0. The van der Waals surface area contributed by atoms with Crippen LogP contribution in [0.3, 0.4) is 0 Å². The molecule has 0 amide bonds. The number of anilines is 2. The molecule has 21 heteroatoms. The Morgan fingerprint density at radius 2 is 1.09 bits per heavy atom. The number of H-pyrrole nitrogens is 2. The number of halogens is 1. The van der Waals surface area contributed by atoms with Gasteiger partial charge >= 0.3 is 11.9 Å². The van der Waals surface area contributed by atoms with Crippen LogP contribution in [0.5, 0.6) is 0 Å². The number of imidazole rings is 2. The summed E-state index contributed by atoms with van der Waals surface area (Å²) in [6, 6.07) is -1.29. The van der Waals surface area contributed by atoms with Gasteiger partial charge in [-0.15, -0.1) is 12.4 Å². The topological polar surface area (TPSA) is 302 Å². The van der Waals surface area contributed by atoms with Crippen molar-refractivity contribution in [3.05, 3.63) is 33.4 Å². The van der Waals surface area contributed by atoms with E-state index in [-0.39, 0.29) is 87.1 Å². The monoisotopic (exact) mass is 684 g/mol. The highest BCUT2D eigenvalue weighted by atomic mass is 35.5. The van der Waals surface area contributed by atoms with Crippen LogP contribution in [0.1, 0.15) is 27.7 Å². The van der Waals surface area contributed by atoms with Gasteiger partial charge in [0.25, 0.3) is 11.1 Å². The normalized spacial score (nSPS) is 12.4. The van der Waals surface area contributed by atoms with Crippen molar-refractivity contribution in [2.45, 2.75) is 53.2 Å². The largest absolute Gasteiger partial charge is 0.462 e. The fourth-order valence-electron chi connectivity index (χ4n) is 3.60. The first-order chi connectivity index (χ1) is 21.8. The second-order valence-corrected chi connectivity index (χ2v) is 10.6. The first-order valence-corrected chi connectivity index (χ1v) is 14.2. The Bertz CT molecular complexity index is 1610. The summed E-state index contributed by atoms with van der Waals surface area (Å²) in [6.07, 6.45) is 2.85. The maximum atomic E-state index is 11.6. The molecule has 0 aromatic carbocycles. The van der Waals surface area contributed by atoms with Gasteiger partial charge in [-0.25, -0.2) is 9.97 Å². The van der Waals surface area contributed by atoms with Gasteiger partial charge in [0.1, 0.15) is 38.8 Å². The van der Waals surface area contributed by atoms with Crippen molar-refractivity contribution >= 4 is 58.6 Å². The summed E-state index contributed by atoms with van der Waals surface area (Å²) in [5, 5.41) is 0. The molecule has 0 bridgehead atoms. The lowest BCUT2D eigenvalue weighted by atomic mass is 10.1. The number of nitrogens with two attached hydrogens (primary N) is 4.